The van der Waals surface area contributed by atoms with Gasteiger partial charge in [0, 0.05) is 16.6 Å². The summed E-state index contributed by atoms with van der Waals surface area (Å²) in [4.78, 5) is 29.4. The number of carbonyl (C=O) groups excluding carboxylic acids is 2. The number of nitrogens with one attached hydrogen (secondary N) is 2. The highest BCUT2D eigenvalue weighted by molar-refractivity contribution is 6.35. The Kier molecular flexibility index (Phi) is 4.92. The van der Waals surface area contributed by atoms with Gasteiger partial charge in [-0.2, -0.15) is 0 Å². The summed E-state index contributed by atoms with van der Waals surface area (Å²) in [6.45, 7) is 2.72. The second kappa shape index (κ2) is 7.40. The van der Waals surface area contributed by atoms with Crippen LogP contribution in [-0.4, -0.2) is 36.4 Å². The summed E-state index contributed by atoms with van der Waals surface area (Å²) < 4.78 is 5.38. The van der Waals surface area contributed by atoms with Crippen LogP contribution >= 0.6 is 23.2 Å². The van der Waals surface area contributed by atoms with Crippen LogP contribution in [-0.2, 0) is 15.1 Å². The topological polar surface area (TPSA) is 70.7 Å². The van der Waals surface area contributed by atoms with Crippen LogP contribution in [0.2, 0.25) is 10.0 Å². The van der Waals surface area contributed by atoms with E-state index in [4.69, 9.17) is 27.9 Å². The maximum atomic E-state index is 13.7. The lowest BCUT2D eigenvalue weighted by molar-refractivity contribution is -0.135. The second-order valence-electron chi connectivity index (χ2n) is 8.50. The summed E-state index contributed by atoms with van der Waals surface area (Å²) in [5.74, 6) is -0.464. The molecule has 0 bridgehead atoms. The SMILES string of the molecule is COc1ccc(Cl)cc1NC(=O)C1CC2CCCN2C12C(=O)Nc1c(Cl)cc(C)cc12. The Balaban J connectivity index is 1.61. The van der Waals surface area contributed by atoms with Gasteiger partial charge >= 0.3 is 0 Å². The summed E-state index contributed by atoms with van der Waals surface area (Å²) in [6, 6.07) is 9.07. The third-order valence-corrected chi connectivity index (χ3v) is 7.34. The monoisotopic (exact) mass is 459 g/mol. The molecule has 2 saturated heterocycles. The molecule has 162 valence electrons. The van der Waals surface area contributed by atoms with E-state index in [1.165, 1.54) is 7.11 Å². The van der Waals surface area contributed by atoms with Crippen molar-refractivity contribution >= 4 is 46.4 Å². The Labute approximate surface area is 190 Å². The van der Waals surface area contributed by atoms with E-state index in [1.54, 1.807) is 18.2 Å². The van der Waals surface area contributed by atoms with E-state index >= 15 is 0 Å². The van der Waals surface area contributed by atoms with Crippen LogP contribution in [0.4, 0.5) is 11.4 Å². The number of ether oxygens (including phenoxy) is 1. The van der Waals surface area contributed by atoms with Gasteiger partial charge in [0.2, 0.25) is 11.8 Å². The molecule has 3 heterocycles. The van der Waals surface area contributed by atoms with Crippen molar-refractivity contribution in [2.45, 2.75) is 37.8 Å². The molecule has 2 fully saturated rings. The Morgan fingerprint density at radius 1 is 1.29 bits per heavy atom. The summed E-state index contributed by atoms with van der Waals surface area (Å²) in [7, 11) is 1.54. The molecule has 2 amide bonds. The van der Waals surface area contributed by atoms with E-state index in [-0.39, 0.29) is 17.9 Å². The number of halogens is 2. The van der Waals surface area contributed by atoms with Gasteiger partial charge in [-0.15, -0.1) is 0 Å². The molecule has 3 atom stereocenters. The molecule has 1 spiro atoms. The number of aryl methyl sites for hydroxylation is 1. The van der Waals surface area contributed by atoms with Gasteiger partial charge in [0.1, 0.15) is 11.3 Å². The Morgan fingerprint density at radius 2 is 2.10 bits per heavy atom. The molecule has 2 N–H and O–H groups in total. The fourth-order valence-corrected chi connectivity index (χ4v) is 6.11. The van der Waals surface area contributed by atoms with Crippen molar-refractivity contribution in [3.63, 3.8) is 0 Å². The van der Waals surface area contributed by atoms with Gasteiger partial charge in [0.25, 0.3) is 0 Å². The first-order chi connectivity index (χ1) is 14.9. The summed E-state index contributed by atoms with van der Waals surface area (Å²) in [6.07, 6.45) is 2.58. The van der Waals surface area contributed by atoms with Crippen LogP contribution in [0.15, 0.2) is 30.3 Å². The number of nitrogens with zero attached hydrogens (tertiary/aromatic N) is 1. The molecule has 0 saturated carbocycles. The molecule has 3 aliphatic heterocycles. The minimum absolute atomic E-state index is 0.174. The number of amides is 2. The number of rotatable bonds is 3. The van der Waals surface area contributed by atoms with Gasteiger partial charge in [0.05, 0.1) is 29.4 Å². The fraction of sp³-hybridized carbons (Fsp3) is 0.391. The molecule has 6 nitrogen and oxygen atoms in total. The van der Waals surface area contributed by atoms with Crippen LogP contribution in [0.5, 0.6) is 5.75 Å². The van der Waals surface area contributed by atoms with Crippen molar-refractivity contribution < 1.29 is 14.3 Å². The van der Waals surface area contributed by atoms with Crippen molar-refractivity contribution in [1.29, 1.82) is 0 Å². The second-order valence-corrected chi connectivity index (χ2v) is 9.35. The van der Waals surface area contributed by atoms with Crippen LogP contribution in [0.25, 0.3) is 0 Å². The summed E-state index contributed by atoms with van der Waals surface area (Å²) in [5.41, 5.74) is 1.79. The molecule has 0 radical (unpaired) electrons. The van der Waals surface area contributed by atoms with Crippen molar-refractivity contribution in [3.8, 4) is 5.75 Å². The van der Waals surface area contributed by atoms with Gasteiger partial charge in [0.15, 0.2) is 0 Å². The van der Waals surface area contributed by atoms with E-state index in [1.807, 2.05) is 19.1 Å². The molecule has 8 heteroatoms. The lowest BCUT2D eigenvalue weighted by atomic mass is 9.78. The molecule has 0 aromatic heterocycles. The third kappa shape index (κ3) is 2.96. The zero-order chi connectivity index (χ0) is 21.9. The van der Waals surface area contributed by atoms with Crippen molar-refractivity contribution in [1.82, 2.24) is 4.90 Å². The number of carbonyl (C=O) groups is 2. The maximum Gasteiger partial charge on any atom is 0.250 e. The number of methoxy groups -OCH3 is 1. The Hall–Kier alpha value is -2.28. The normalized spacial score (nSPS) is 26.6. The molecule has 3 unspecified atom stereocenters. The molecular weight excluding hydrogens is 437 g/mol. The van der Waals surface area contributed by atoms with Crippen molar-refractivity contribution in [2.24, 2.45) is 5.92 Å². The van der Waals surface area contributed by atoms with E-state index in [0.717, 1.165) is 30.5 Å². The number of benzene rings is 2. The van der Waals surface area contributed by atoms with Gasteiger partial charge < -0.3 is 15.4 Å². The Morgan fingerprint density at radius 3 is 2.87 bits per heavy atom. The van der Waals surface area contributed by atoms with Gasteiger partial charge in [-0.3, -0.25) is 14.5 Å². The Bertz CT molecular complexity index is 1110. The highest BCUT2D eigenvalue weighted by atomic mass is 35.5. The van der Waals surface area contributed by atoms with Crippen molar-refractivity contribution in [2.75, 3.05) is 24.3 Å². The summed E-state index contributed by atoms with van der Waals surface area (Å²) in [5, 5.41) is 6.95. The van der Waals surface area contributed by atoms with Crippen LogP contribution < -0.4 is 15.4 Å². The number of hydrogen-bond acceptors (Lipinski definition) is 4. The predicted octanol–water partition coefficient (Wildman–Crippen LogP) is 4.58. The molecule has 3 aliphatic rings. The predicted molar refractivity (Wildman–Crippen MR) is 121 cm³/mol. The first-order valence-corrected chi connectivity index (χ1v) is 11.1. The van der Waals surface area contributed by atoms with E-state index < -0.39 is 11.5 Å². The van der Waals surface area contributed by atoms with Crippen LogP contribution in [0, 0.1) is 12.8 Å². The van der Waals surface area contributed by atoms with Crippen LogP contribution in [0.1, 0.15) is 30.4 Å². The standard InChI is InChI=1S/C23H23Cl2N3O3/c1-12-8-15-20(17(25)9-12)27-22(30)23(15)16(11-14-4-3-7-28(14)23)21(29)26-18-10-13(24)5-6-19(18)31-2/h5-6,8-10,14,16H,3-4,7,11H2,1-2H3,(H,26,29)(H,27,30). The number of fused-ring (bicyclic) bond motifs is 4. The fourth-order valence-electron chi connectivity index (χ4n) is 5.61. The highest BCUT2D eigenvalue weighted by Gasteiger charge is 2.65. The number of anilines is 2. The molecule has 5 rings (SSSR count). The first kappa shape index (κ1) is 20.6. The first-order valence-electron chi connectivity index (χ1n) is 10.4. The van der Waals surface area contributed by atoms with Gasteiger partial charge in [-0.05, 0) is 62.6 Å². The van der Waals surface area contributed by atoms with E-state index in [0.29, 0.717) is 33.6 Å². The minimum Gasteiger partial charge on any atom is -0.495 e. The summed E-state index contributed by atoms with van der Waals surface area (Å²) >= 11 is 12.6. The molecule has 2 aromatic rings. The van der Waals surface area contributed by atoms with E-state index in [2.05, 4.69) is 15.5 Å². The average Bonchev–Trinajstić information content (AvgIpc) is 3.37. The maximum absolute atomic E-state index is 13.7. The average molecular weight is 460 g/mol. The minimum atomic E-state index is -1.07. The van der Waals surface area contributed by atoms with Gasteiger partial charge in [-0.1, -0.05) is 29.3 Å². The molecule has 2 aromatic carbocycles. The van der Waals surface area contributed by atoms with Crippen LogP contribution in [0.3, 0.4) is 0 Å². The molecule has 0 aliphatic carbocycles. The van der Waals surface area contributed by atoms with Crippen molar-refractivity contribution in [3.05, 3.63) is 51.5 Å². The number of hydrogen-bond donors (Lipinski definition) is 2. The smallest absolute Gasteiger partial charge is 0.250 e. The van der Waals surface area contributed by atoms with Gasteiger partial charge in [-0.25, -0.2) is 0 Å². The zero-order valence-electron chi connectivity index (χ0n) is 17.3. The third-order valence-electron chi connectivity index (χ3n) is 6.81. The molecular formula is C23H23Cl2N3O3. The van der Waals surface area contributed by atoms with E-state index in [9.17, 15) is 9.59 Å². The largest absolute Gasteiger partial charge is 0.495 e. The molecule has 31 heavy (non-hydrogen) atoms. The highest BCUT2D eigenvalue weighted by Crippen LogP contribution is 2.57. The lowest BCUT2D eigenvalue weighted by Gasteiger charge is -2.36. The quantitative estimate of drug-likeness (QED) is 0.704. The lowest BCUT2D eigenvalue weighted by Crippen LogP contribution is -2.53. The zero-order valence-corrected chi connectivity index (χ0v) is 18.8.